The third-order valence-electron chi connectivity index (χ3n) is 11.1. The number of benzene rings is 1. The fraction of sp³-hybridized carbons (Fsp3) is 0.613. The van der Waals surface area contributed by atoms with Gasteiger partial charge in [-0.1, -0.05) is 24.6 Å². The monoisotopic (exact) mass is 566 g/mol. The summed E-state index contributed by atoms with van der Waals surface area (Å²) in [5.74, 6) is -0.450. The van der Waals surface area contributed by atoms with Crippen molar-refractivity contribution in [2.24, 2.45) is 23.7 Å². The highest BCUT2D eigenvalue weighted by atomic mass is 16.7. The van der Waals surface area contributed by atoms with E-state index in [4.69, 9.17) is 19.0 Å². The lowest BCUT2D eigenvalue weighted by Gasteiger charge is -2.47. The zero-order chi connectivity index (χ0) is 28.8. The van der Waals surface area contributed by atoms with Crippen molar-refractivity contribution in [3.63, 3.8) is 0 Å². The maximum Gasteiger partial charge on any atom is 0.336 e. The van der Waals surface area contributed by atoms with Crippen LogP contribution < -0.4 is 9.80 Å². The standard InChI is InChI=1S/C31H38N2O8/c1-5-17-12-32(13-20-27-25(41-28(20)35)8-16(2)31(27,37)15-34)24-11-30(26-10-19(17)21(24)14-40-26)22-7-6-18(38-3)9-23(22)33(39-4)29(30)36/h5-7,9,13,16,19,21,24-27,34,37H,8,10-12,14-15H2,1-4H3/b17-5+,20-13-/t16-,19-,21-,24-,25-,26+,27-,30-,31-/m0/s1. The van der Waals surface area contributed by atoms with Gasteiger partial charge in [0.1, 0.15) is 22.9 Å². The Morgan fingerprint density at radius 1 is 1.22 bits per heavy atom. The predicted molar refractivity (Wildman–Crippen MR) is 147 cm³/mol. The minimum absolute atomic E-state index is 0.112. The molecule has 2 N–H and O–H groups in total. The van der Waals surface area contributed by atoms with Crippen molar-refractivity contribution in [2.45, 2.75) is 62.4 Å². The molecule has 220 valence electrons. The molecule has 1 aromatic rings. The summed E-state index contributed by atoms with van der Waals surface area (Å²) in [7, 11) is 3.09. The summed E-state index contributed by atoms with van der Waals surface area (Å²) < 4.78 is 17.7. The van der Waals surface area contributed by atoms with Gasteiger partial charge in [0.05, 0.1) is 50.7 Å². The van der Waals surface area contributed by atoms with Crippen molar-refractivity contribution in [3.8, 4) is 5.75 Å². The highest BCUT2D eigenvalue weighted by Crippen LogP contribution is 2.58. The summed E-state index contributed by atoms with van der Waals surface area (Å²) in [4.78, 5) is 35.4. The number of hydrogen-bond acceptors (Lipinski definition) is 9. The number of carbonyl (C=O) groups is 2. The normalized spacial score (nSPS) is 42.7. The number of piperidine rings is 1. The van der Waals surface area contributed by atoms with Gasteiger partial charge < -0.3 is 29.3 Å². The Balaban J connectivity index is 1.35. The van der Waals surface area contributed by atoms with Crippen LogP contribution >= 0.6 is 0 Å². The number of rotatable bonds is 4. The van der Waals surface area contributed by atoms with Crippen LogP contribution in [0.2, 0.25) is 0 Å². The molecular formula is C31H38N2O8. The van der Waals surface area contributed by atoms with E-state index < -0.39 is 35.6 Å². The second kappa shape index (κ2) is 9.29. The van der Waals surface area contributed by atoms with Crippen LogP contribution in [0.3, 0.4) is 0 Å². The number of esters is 1. The predicted octanol–water partition coefficient (Wildman–Crippen LogP) is 2.09. The Morgan fingerprint density at radius 2 is 2.02 bits per heavy atom. The Labute approximate surface area is 239 Å². The number of ether oxygens (including phenoxy) is 3. The van der Waals surface area contributed by atoms with E-state index in [0.29, 0.717) is 49.4 Å². The summed E-state index contributed by atoms with van der Waals surface area (Å²) in [6.07, 6.45) is 4.90. The summed E-state index contributed by atoms with van der Waals surface area (Å²) in [6, 6.07) is 5.54. The van der Waals surface area contributed by atoms with Crippen LogP contribution in [0.5, 0.6) is 5.75 Å². The van der Waals surface area contributed by atoms with Gasteiger partial charge >= 0.3 is 5.97 Å². The van der Waals surface area contributed by atoms with Gasteiger partial charge in [-0.2, -0.15) is 5.06 Å². The van der Waals surface area contributed by atoms with Crippen LogP contribution in [0.4, 0.5) is 5.69 Å². The molecule has 41 heavy (non-hydrogen) atoms. The Bertz CT molecular complexity index is 1360. The number of hydroxylamine groups is 1. The van der Waals surface area contributed by atoms with Crippen LogP contribution in [0.1, 0.15) is 38.7 Å². The molecule has 2 saturated carbocycles. The zero-order valence-electron chi connectivity index (χ0n) is 23.9. The first kappa shape index (κ1) is 26.9. The fourth-order valence-electron chi connectivity index (χ4n) is 8.91. The van der Waals surface area contributed by atoms with Gasteiger partial charge in [0.15, 0.2) is 0 Å². The van der Waals surface area contributed by atoms with E-state index in [0.717, 1.165) is 5.56 Å². The van der Waals surface area contributed by atoms with E-state index in [-0.39, 0.29) is 35.8 Å². The van der Waals surface area contributed by atoms with Gasteiger partial charge in [-0.05, 0) is 49.7 Å². The highest BCUT2D eigenvalue weighted by Gasteiger charge is 2.65. The SMILES string of the molecule is C/C=C1\CN(/C=C2\C(=O)O[C@H]3C[C@H](C)[C@@](O)(CO)[C@@H]23)[C@H]2C[C@@]3(C(=O)N(OC)c4cc(OC)ccc43)[C@H]3C[C@@H]1[C@@H]2CO3. The molecule has 1 amide bonds. The minimum Gasteiger partial charge on any atom is -0.497 e. The van der Waals surface area contributed by atoms with Gasteiger partial charge in [0, 0.05) is 30.8 Å². The third kappa shape index (κ3) is 3.45. The van der Waals surface area contributed by atoms with Gasteiger partial charge in [0.25, 0.3) is 5.91 Å². The van der Waals surface area contributed by atoms with Crippen LogP contribution in [0.25, 0.3) is 0 Å². The number of anilines is 1. The molecule has 10 nitrogen and oxygen atoms in total. The molecule has 7 aliphatic rings. The Hall–Kier alpha value is -2.92. The minimum atomic E-state index is -1.44. The number of likely N-dealkylation sites (tertiary alicyclic amines) is 1. The summed E-state index contributed by atoms with van der Waals surface area (Å²) in [5, 5.41) is 23.0. The van der Waals surface area contributed by atoms with Gasteiger partial charge in [0.2, 0.25) is 0 Å². The van der Waals surface area contributed by atoms with Gasteiger partial charge in [-0.25, -0.2) is 4.79 Å². The molecule has 5 aliphatic heterocycles. The average Bonchev–Trinajstić information content (AvgIpc) is 3.42. The lowest BCUT2D eigenvalue weighted by atomic mass is 9.72. The molecule has 0 unspecified atom stereocenters. The maximum absolute atomic E-state index is 14.4. The number of carbonyl (C=O) groups excluding carboxylic acids is 2. The zero-order valence-corrected chi connectivity index (χ0v) is 23.9. The molecule has 5 heterocycles. The lowest BCUT2D eigenvalue weighted by Crippen LogP contribution is -2.51. The van der Waals surface area contributed by atoms with Crippen molar-refractivity contribution in [2.75, 3.05) is 39.0 Å². The number of methoxy groups -OCH3 is 1. The molecule has 0 radical (unpaired) electrons. The number of nitrogens with zero attached hydrogens (tertiary/aromatic N) is 2. The lowest BCUT2D eigenvalue weighted by molar-refractivity contribution is -0.139. The van der Waals surface area contributed by atoms with Crippen LogP contribution in [-0.2, 0) is 29.3 Å². The molecule has 10 heteroatoms. The maximum atomic E-state index is 14.4. The van der Waals surface area contributed by atoms with Crippen molar-refractivity contribution in [1.29, 1.82) is 0 Å². The van der Waals surface area contributed by atoms with E-state index in [1.54, 1.807) is 7.11 Å². The molecule has 1 aromatic carbocycles. The molecule has 8 rings (SSSR count). The molecule has 2 aliphatic carbocycles. The number of hydrogen-bond donors (Lipinski definition) is 2. The van der Waals surface area contributed by atoms with Crippen molar-refractivity contribution < 1.29 is 38.9 Å². The second-order valence-corrected chi connectivity index (χ2v) is 12.6. The molecular weight excluding hydrogens is 528 g/mol. The molecule has 4 saturated heterocycles. The van der Waals surface area contributed by atoms with Crippen LogP contribution in [-0.4, -0.2) is 84.8 Å². The Morgan fingerprint density at radius 3 is 2.73 bits per heavy atom. The highest BCUT2D eigenvalue weighted by molar-refractivity contribution is 6.07. The topological polar surface area (TPSA) is 118 Å². The second-order valence-electron chi connectivity index (χ2n) is 12.6. The number of aliphatic hydroxyl groups is 2. The number of fused-ring (bicyclic) bond motifs is 3. The summed E-state index contributed by atoms with van der Waals surface area (Å²) >= 11 is 0. The largest absolute Gasteiger partial charge is 0.497 e. The van der Waals surface area contributed by atoms with E-state index in [2.05, 4.69) is 11.0 Å². The third-order valence-corrected chi connectivity index (χ3v) is 11.1. The molecule has 9 atom stereocenters. The summed E-state index contributed by atoms with van der Waals surface area (Å²) in [6.45, 7) is 4.57. The molecule has 6 fully saturated rings. The fourth-order valence-corrected chi connectivity index (χ4v) is 8.91. The van der Waals surface area contributed by atoms with E-state index >= 15 is 0 Å². The number of amides is 1. The van der Waals surface area contributed by atoms with Crippen LogP contribution in [0, 0.1) is 23.7 Å². The average molecular weight is 567 g/mol. The van der Waals surface area contributed by atoms with E-state index in [1.807, 2.05) is 38.2 Å². The van der Waals surface area contributed by atoms with Crippen molar-refractivity contribution in [3.05, 3.63) is 47.2 Å². The van der Waals surface area contributed by atoms with Gasteiger partial charge in [-0.3, -0.25) is 9.63 Å². The summed E-state index contributed by atoms with van der Waals surface area (Å²) in [5.41, 5.74) is 0.745. The van der Waals surface area contributed by atoms with Gasteiger partial charge in [-0.15, -0.1) is 0 Å². The van der Waals surface area contributed by atoms with Crippen molar-refractivity contribution >= 4 is 17.6 Å². The number of allylic oxidation sites excluding steroid dienone is 1. The number of aliphatic hydroxyl groups excluding tert-OH is 1. The first-order chi connectivity index (χ1) is 19.7. The Kier molecular flexibility index (Phi) is 6.11. The van der Waals surface area contributed by atoms with Crippen LogP contribution in [0.15, 0.2) is 41.6 Å². The van der Waals surface area contributed by atoms with E-state index in [9.17, 15) is 19.8 Å². The first-order valence-corrected chi connectivity index (χ1v) is 14.6. The quantitative estimate of drug-likeness (QED) is 0.321. The molecule has 4 bridgehead atoms. The smallest absolute Gasteiger partial charge is 0.336 e. The first-order valence-electron chi connectivity index (χ1n) is 14.6. The molecule has 1 spiro atoms. The van der Waals surface area contributed by atoms with Crippen molar-refractivity contribution in [1.82, 2.24) is 4.90 Å². The molecule has 0 aromatic heterocycles. The van der Waals surface area contributed by atoms with E-state index in [1.165, 1.54) is 17.7 Å².